The summed E-state index contributed by atoms with van der Waals surface area (Å²) in [5, 5.41) is -0.125. The van der Waals surface area contributed by atoms with Gasteiger partial charge in [-0.25, -0.2) is 27.8 Å². The van der Waals surface area contributed by atoms with Crippen molar-refractivity contribution in [2.45, 2.75) is 25.2 Å². The second-order valence-corrected chi connectivity index (χ2v) is 11.0. The first kappa shape index (κ1) is 26.9. The largest absolute Gasteiger partial charge is 0.497 e. The molecule has 0 unspecified atom stereocenters. The Bertz CT molecular complexity index is 1840. The summed E-state index contributed by atoms with van der Waals surface area (Å²) in [6.07, 6.45) is 3.98. The van der Waals surface area contributed by atoms with E-state index in [-0.39, 0.29) is 31.9 Å². The van der Waals surface area contributed by atoms with Gasteiger partial charge in [-0.05, 0) is 42.8 Å². The van der Waals surface area contributed by atoms with Crippen LogP contribution < -0.4 is 9.46 Å². The normalized spacial score (nSPS) is 11.6. The van der Waals surface area contributed by atoms with Gasteiger partial charge in [0.2, 0.25) is 0 Å². The number of benzene rings is 2. The van der Waals surface area contributed by atoms with Gasteiger partial charge in [-0.2, -0.15) is 0 Å². The molecule has 8 nitrogen and oxygen atoms in total. The number of methoxy groups -OCH3 is 1. The van der Waals surface area contributed by atoms with Gasteiger partial charge in [-0.15, -0.1) is 0 Å². The monoisotopic (exact) mass is 585 g/mol. The standard InChI is InChI=1S/C27H22Cl2FN5O3S/c1-4-21-31-12-10-20(32-21)26-25(33-22-14-16(38-3)11-13-35(22)26)17-6-5-7-19(24(17)30)34-39(36,37)27-18(28)9-8-15(2)23(27)29/h5-14,34H,4H2,1-3H3. The van der Waals surface area contributed by atoms with Gasteiger partial charge in [-0.3, -0.25) is 9.12 Å². The van der Waals surface area contributed by atoms with E-state index in [1.54, 1.807) is 48.0 Å². The molecule has 0 aliphatic rings. The number of aromatic nitrogens is 4. The Kier molecular flexibility index (Phi) is 7.19. The first-order valence-electron chi connectivity index (χ1n) is 11.8. The molecular weight excluding hydrogens is 564 g/mol. The maximum absolute atomic E-state index is 16.1. The number of hydrogen-bond acceptors (Lipinski definition) is 6. The highest BCUT2D eigenvalue weighted by atomic mass is 35.5. The van der Waals surface area contributed by atoms with E-state index in [0.29, 0.717) is 40.6 Å². The molecule has 0 saturated heterocycles. The lowest BCUT2D eigenvalue weighted by Crippen LogP contribution is -2.15. The maximum Gasteiger partial charge on any atom is 0.264 e. The van der Waals surface area contributed by atoms with Gasteiger partial charge in [0, 0.05) is 30.4 Å². The fraction of sp³-hybridized carbons (Fsp3) is 0.148. The lowest BCUT2D eigenvalue weighted by atomic mass is 10.1. The molecule has 0 radical (unpaired) electrons. The number of ether oxygens (including phenoxy) is 1. The zero-order valence-electron chi connectivity index (χ0n) is 21.0. The number of fused-ring (bicyclic) bond motifs is 1. The summed E-state index contributed by atoms with van der Waals surface area (Å²) < 4.78 is 52.0. The Morgan fingerprint density at radius 3 is 2.64 bits per heavy atom. The van der Waals surface area contributed by atoms with E-state index in [4.69, 9.17) is 27.9 Å². The van der Waals surface area contributed by atoms with Crippen molar-refractivity contribution in [1.29, 1.82) is 0 Å². The number of sulfonamides is 1. The number of imidazole rings is 1. The molecule has 0 aliphatic carbocycles. The van der Waals surface area contributed by atoms with Gasteiger partial charge < -0.3 is 4.74 Å². The van der Waals surface area contributed by atoms with Crippen LogP contribution in [0.15, 0.2) is 65.8 Å². The van der Waals surface area contributed by atoms with E-state index >= 15 is 4.39 Å². The van der Waals surface area contributed by atoms with Gasteiger partial charge in [0.15, 0.2) is 5.82 Å². The third-order valence-electron chi connectivity index (χ3n) is 6.11. The van der Waals surface area contributed by atoms with Crippen LogP contribution in [0.25, 0.3) is 28.3 Å². The topological polar surface area (TPSA) is 98.5 Å². The second kappa shape index (κ2) is 10.4. The van der Waals surface area contributed by atoms with Crippen LogP contribution in [0, 0.1) is 12.7 Å². The number of rotatable bonds is 7. The predicted molar refractivity (Wildman–Crippen MR) is 150 cm³/mol. The lowest BCUT2D eigenvalue weighted by molar-refractivity contribution is 0.414. The number of aryl methyl sites for hydroxylation is 2. The molecule has 2 aromatic carbocycles. The average molecular weight is 586 g/mol. The predicted octanol–water partition coefficient (Wildman–Crippen LogP) is 6.58. The fourth-order valence-corrected chi connectivity index (χ4v) is 6.40. The highest BCUT2D eigenvalue weighted by Crippen LogP contribution is 2.38. The Morgan fingerprint density at radius 1 is 1.10 bits per heavy atom. The Morgan fingerprint density at radius 2 is 1.90 bits per heavy atom. The molecule has 200 valence electrons. The molecule has 0 bridgehead atoms. The minimum absolute atomic E-state index is 0.0429. The van der Waals surface area contributed by atoms with Crippen molar-refractivity contribution in [3.8, 4) is 28.4 Å². The molecular formula is C27H22Cl2FN5O3S. The van der Waals surface area contributed by atoms with Gasteiger partial charge in [-0.1, -0.05) is 42.3 Å². The number of nitrogens with one attached hydrogen (secondary N) is 1. The number of pyridine rings is 1. The minimum atomic E-state index is -4.34. The molecule has 3 heterocycles. The average Bonchev–Trinajstić information content (AvgIpc) is 3.30. The molecule has 5 rings (SSSR count). The van der Waals surface area contributed by atoms with Crippen LogP contribution in [-0.4, -0.2) is 34.9 Å². The molecule has 0 amide bonds. The SMILES string of the molecule is CCc1nccc(-c2c(-c3cccc(NS(=O)(=O)c4c(Cl)ccc(C)c4Cl)c3F)nc3cc(OC)ccn23)n1. The molecule has 0 saturated carbocycles. The van der Waals surface area contributed by atoms with Crippen LogP contribution in [0.1, 0.15) is 18.3 Å². The third-order valence-corrected chi connectivity index (χ3v) is 8.58. The molecule has 0 fully saturated rings. The van der Waals surface area contributed by atoms with Crippen LogP contribution in [0.2, 0.25) is 10.0 Å². The van der Waals surface area contributed by atoms with Crippen molar-refractivity contribution >= 4 is 44.6 Å². The molecule has 1 N–H and O–H groups in total. The van der Waals surface area contributed by atoms with E-state index in [1.807, 2.05) is 6.92 Å². The Hall–Kier alpha value is -3.73. The van der Waals surface area contributed by atoms with Crippen molar-refractivity contribution < 1.29 is 17.5 Å². The van der Waals surface area contributed by atoms with Gasteiger partial charge in [0.05, 0.1) is 34.2 Å². The van der Waals surface area contributed by atoms with Crippen LogP contribution in [-0.2, 0) is 16.4 Å². The second-order valence-electron chi connectivity index (χ2n) is 8.60. The van der Waals surface area contributed by atoms with Gasteiger partial charge >= 0.3 is 0 Å². The molecule has 12 heteroatoms. The summed E-state index contributed by atoms with van der Waals surface area (Å²) in [6, 6.07) is 12.6. The molecule has 0 spiro atoms. The van der Waals surface area contributed by atoms with Crippen molar-refractivity contribution in [2.24, 2.45) is 0 Å². The first-order chi connectivity index (χ1) is 18.6. The van der Waals surface area contributed by atoms with Crippen molar-refractivity contribution in [3.05, 3.63) is 88.2 Å². The summed E-state index contributed by atoms with van der Waals surface area (Å²) in [5.41, 5.74) is 2.06. The third kappa shape index (κ3) is 4.91. The van der Waals surface area contributed by atoms with E-state index in [9.17, 15) is 8.42 Å². The van der Waals surface area contributed by atoms with E-state index in [0.717, 1.165) is 0 Å². The van der Waals surface area contributed by atoms with Crippen LogP contribution in [0.3, 0.4) is 0 Å². The lowest BCUT2D eigenvalue weighted by Gasteiger charge is -2.14. The van der Waals surface area contributed by atoms with Crippen molar-refractivity contribution in [2.75, 3.05) is 11.8 Å². The van der Waals surface area contributed by atoms with Crippen molar-refractivity contribution in [1.82, 2.24) is 19.4 Å². The number of hydrogen-bond donors (Lipinski definition) is 1. The summed E-state index contributed by atoms with van der Waals surface area (Å²) in [4.78, 5) is 13.2. The van der Waals surface area contributed by atoms with E-state index in [2.05, 4.69) is 19.7 Å². The summed E-state index contributed by atoms with van der Waals surface area (Å²) in [6.45, 7) is 3.58. The van der Waals surface area contributed by atoms with Crippen LogP contribution in [0.4, 0.5) is 10.1 Å². The van der Waals surface area contributed by atoms with Crippen LogP contribution in [0.5, 0.6) is 5.75 Å². The first-order valence-corrected chi connectivity index (χ1v) is 14.0. The van der Waals surface area contributed by atoms with E-state index in [1.165, 1.54) is 31.4 Å². The highest BCUT2D eigenvalue weighted by Gasteiger charge is 2.27. The quantitative estimate of drug-likeness (QED) is 0.231. The van der Waals surface area contributed by atoms with Crippen molar-refractivity contribution in [3.63, 3.8) is 0 Å². The summed E-state index contributed by atoms with van der Waals surface area (Å²) in [5.74, 6) is 0.342. The molecule has 3 aromatic heterocycles. The fourth-order valence-electron chi connectivity index (χ4n) is 4.15. The number of anilines is 1. The van der Waals surface area contributed by atoms with Crippen LogP contribution >= 0.6 is 23.2 Å². The zero-order chi connectivity index (χ0) is 27.9. The van der Waals surface area contributed by atoms with E-state index < -0.39 is 15.8 Å². The summed E-state index contributed by atoms with van der Waals surface area (Å²) in [7, 11) is -2.80. The summed E-state index contributed by atoms with van der Waals surface area (Å²) >= 11 is 12.4. The molecule has 5 aromatic rings. The zero-order valence-corrected chi connectivity index (χ0v) is 23.4. The molecule has 0 atom stereocenters. The minimum Gasteiger partial charge on any atom is -0.497 e. The van der Waals surface area contributed by atoms with Gasteiger partial charge in [0.1, 0.15) is 27.8 Å². The maximum atomic E-state index is 16.1. The smallest absolute Gasteiger partial charge is 0.264 e. The number of halogens is 3. The van der Waals surface area contributed by atoms with Gasteiger partial charge in [0.25, 0.3) is 10.0 Å². The molecule has 39 heavy (non-hydrogen) atoms. The number of nitrogens with zero attached hydrogens (tertiary/aromatic N) is 4. The molecule has 0 aliphatic heterocycles. The highest BCUT2D eigenvalue weighted by molar-refractivity contribution is 7.93. The Labute approximate surface area is 234 Å². The Balaban J connectivity index is 1.69.